The number of carboxylic acid groups (broad SMARTS) is 1. The van der Waals surface area contributed by atoms with Crippen LogP contribution in [-0.2, 0) is 4.79 Å². The molecule has 0 spiro atoms. The van der Waals surface area contributed by atoms with Gasteiger partial charge in [0.25, 0.3) is 0 Å². The summed E-state index contributed by atoms with van der Waals surface area (Å²) in [4.78, 5) is 21.1. The average molecular weight is 209 g/mol. The van der Waals surface area contributed by atoms with Crippen molar-refractivity contribution in [1.82, 2.24) is 0 Å². The molecule has 5 heteroatoms. The lowest BCUT2D eigenvalue weighted by molar-refractivity contribution is -0.113. The predicted molar refractivity (Wildman–Crippen MR) is 51.6 cm³/mol. The zero-order valence-corrected chi connectivity index (χ0v) is 7.61. The van der Waals surface area contributed by atoms with Gasteiger partial charge in [-0.3, -0.25) is 4.79 Å². The molecule has 4 nitrogen and oxygen atoms in total. The van der Waals surface area contributed by atoms with Crippen LogP contribution in [0, 0.1) is 5.82 Å². The third-order valence-corrected chi connectivity index (χ3v) is 1.67. The number of hydrogen-bond acceptors (Lipinski definition) is 2. The Morgan fingerprint density at radius 1 is 1.40 bits per heavy atom. The lowest BCUT2D eigenvalue weighted by Gasteiger charge is -2.00. The van der Waals surface area contributed by atoms with E-state index >= 15 is 0 Å². The molecule has 1 rings (SSSR count). The Hall–Kier alpha value is -2.17. The number of carbonyl (C=O) groups excluding carboxylic acids is 1. The van der Waals surface area contributed by atoms with Crippen LogP contribution < -0.4 is 5.73 Å². The lowest BCUT2D eigenvalue weighted by atomic mass is 10.1. The summed E-state index contributed by atoms with van der Waals surface area (Å²) in [5, 5.41) is 8.74. The van der Waals surface area contributed by atoms with Crippen molar-refractivity contribution in [3.63, 3.8) is 0 Å². The summed E-state index contributed by atoms with van der Waals surface area (Å²) in [5.41, 5.74) is 4.86. The number of halogens is 1. The molecular formula is C10H8FNO3. The minimum absolute atomic E-state index is 0.215. The monoisotopic (exact) mass is 209 g/mol. The van der Waals surface area contributed by atoms with Crippen LogP contribution in [0.2, 0.25) is 0 Å². The molecule has 3 N–H and O–H groups in total. The van der Waals surface area contributed by atoms with Gasteiger partial charge in [-0.25, -0.2) is 9.18 Å². The second kappa shape index (κ2) is 4.36. The number of rotatable bonds is 3. The summed E-state index contributed by atoms with van der Waals surface area (Å²) in [6.45, 7) is 0. The highest BCUT2D eigenvalue weighted by Gasteiger charge is 2.08. The maximum Gasteiger partial charge on any atom is 0.336 e. The van der Waals surface area contributed by atoms with Crippen molar-refractivity contribution in [2.75, 3.05) is 0 Å². The normalized spacial score (nSPS) is 10.5. The number of benzene rings is 1. The maximum absolute atomic E-state index is 12.7. The summed E-state index contributed by atoms with van der Waals surface area (Å²) in [7, 11) is 0. The Morgan fingerprint density at radius 3 is 2.60 bits per heavy atom. The molecule has 0 aliphatic rings. The Morgan fingerprint density at radius 2 is 2.07 bits per heavy atom. The molecule has 15 heavy (non-hydrogen) atoms. The van der Waals surface area contributed by atoms with Crippen LogP contribution in [0.1, 0.15) is 15.9 Å². The number of carbonyl (C=O) groups is 2. The quantitative estimate of drug-likeness (QED) is 0.729. The fraction of sp³-hybridized carbons (Fsp3) is 0. The first-order chi connectivity index (χ1) is 7.00. The number of nitrogens with two attached hydrogens (primary N) is 1. The highest BCUT2D eigenvalue weighted by Crippen LogP contribution is 2.13. The topological polar surface area (TPSA) is 80.4 Å². The van der Waals surface area contributed by atoms with E-state index < -0.39 is 17.7 Å². The molecule has 0 fully saturated rings. The van der Waals surface area contributed by atoms with E-state index in [0.717, 1.165) is 18.2 Å². The van der Waals surface area contributed by atoms with E-state index in [4.69, 9.17) is 10.8 Å². The van der Waals surface area contributed by atoms with Gasteiger partial charge >= 0.3 is 5.97 Å². The second-order valence-corrected chi connectivity index (χ2v) is 2.77. The van der Waals surface area contributed by atoms with Gasteiger partial charge in [0, 0.05) is 6.08 Å². The Kier molecular flexibility index (Phi) is 3.17. The fourth-order valence-electron chi connectivity index (χ4n) is 1.03. The van der Waals surface area contributed by atoms with Crippen molar-refractivity contribution in [2.45, 2.75) is 0 Å². The van der Waals surface area contributed by atoms with Gasteiger partial charge in [-0.2, -0.15) is 0 Å². The van der Waals surface area contributed by atoms with Gasteiger partial charge in [0.1, 0.15) is 5.82 Å². The van der Waals surface area contributed by atoms with Crippen LogP contribution in [-0.4, -0.2) is 17.0 Å². The number of primary amides is 1. The second-order valence-electron chi connectivity index (χ2n) is 2.77. The van der Waals surface area contributed by atoms with Gasteiger partial charge in [0.05, 0.1) is 5.56 Å². The summed E-state index contributed by atoms with van der Waals surface area (Å²) in [6.07, 6.45) is 2.24. The minimum Gasteiger partial charge on any atom is -0.478 e. The fourth-order valence-corrected chi connectivity index (χ4v) is 1.03. The molecule has 0 heterocycles. The highest BCUT2D eigenvalue weighted by molar-refractivity contribution is 5.95. The average Bonchev–Trinajstić information content (AvgIpc) is 2.15. The van der Waals surface area contributed by atoms with Crippen molar-refractivity contribution in [3.8, 4) is 0 Å². The first-order valence-electron chi connectivity index (χ1n) is 4.01. The molecule has 0 saturated carbocycles. The molecule has 0 aliphatic carbocycles. The van der Waals surface area contributed by atoms with Crippen molar-refractivity contribution >= 4 is 18.0 Å². The third-order valence-electron chi connectivity index (χ3n) is 1.67. The van der Waals surface area contributed by atoms with Crippen LogP contribution in [0.25, 0.3) is 6.08 Å². The third kappa shape index (κ3) is 2.91. The van der Waals surface area contributed by atoms with Crippen LogP contribution in [0.3, 0.4) is 0 Å². The predicted octanol–water partition coefficient (Wildman–Crippen LogP) is 1.02. The first-order valence-corrected chi connectivity index (χ1v) is 4.01. The van der Waals surface area contributed by atoms with Crippen LogP contribution in [0.15, 0.2) is 24.3 Å². The number of aromatic carboxylic acids is 1. The Bertz CT molecular complexity index is 440. The van der Waals surface area contributed by atoms with Gasteiger partial charge < -0.3 is 10.8 Å². The first kappa shape index (κ1) is 10.9. The smallest absolute Gasteiger partial charge is 0.336 e. The lowest BCUT2D eigenvalue weighted by Crippen LogP contribution is -2.06. The summed E-state index contributed by atoms with van der Waals surface area (Å²) in [5.74, 6) is -2.61. The van der Waals surface area contributed by atoms with E-state index in [1.165, 1.54) is 12.1 Å². The standard InChI is InChI=1S/C10H8FNO3/c11-7-3-1-6(2-4-9(12)13)8(5-7)10(14)15/h1-5H,(H2,12,13)(H,14,15). The van der Waals surface area contributed by atoms with Gasteiger partial charge in [-0.05, 0) is 23.8 Å². The minimum atomic E-state index is -1.27. The molecule has 0 aromatic heterocycles. The number of amides is 1. The van der Waals surface area contributed by atoms with Crippen molar-refractivity contribution in [1.29, 1.82) is 0 Å². The summed E-state index contributed by atoms with van der Waals surface area (Å²) >= 11 is 0. The highest BCUT2D eigenvalue weighted by atomic mass is 19.1. The van der Waals surface area contributed by atoms with Gasteiger partial charge in [0.2, 0.25) is 5.91 Å². The van der Waals surface area contributed by atoms with Crippen molar-refractivity contribution in [2.24, 2.45) is 5.73 Å². The molecule has 78 valence electrons. The molecule has 1 aromatic rings. The van der Waals surface area contributed by atoms with Crippen LogP contribution in [0.4, 0.5) is 4.39 Å². The molecule has 1 aromatic carbocycles. The molecule has 0 bridgehead atoms. The zero-order valence-electron chi connectivity index (χ0n) is 7.61. The molecule has 0 unspecified atom stereocenters. The molecule has 1 amide bonds. The van der Waals surface area contributed by atoms with Gasteiger partial charge in [-0.1, -0.05) is 6.07 Å². The van der Waals surface area contributed by atoms with E-state index in [2.05, 4.69) is 0 Å². The summed E-state index contributed by atoms with van der Waals surface area (Å²) < 4.78 is 12.7. The number of hydrogen-bond donors (Lipinski definition) is 2. The molecule has 0 aliphatic heterocycles. The molecule has 0 atom stereocenters. The molecule has 0 saturated heterocycles. The Labute approximate surface area is 84.8 Å². The van der Waals surface area contributed by atoms with Gasteiger partial charge in [-0.15, -0.1) is 0 Å². The Balaban J connectivity index is 3.17. The number of carboxylic acids is 1. The van der Waals surface area contributed by atoms with Gasteiger partial charge in [0.15, 0.2) is 0 Å². The zero-order chi connectivity index (χ0) is 11.4. The maximum atomic E-state index is 12.7. The van der Waals surface area contributed by atoms with E-state index in [1.54, 1.807) is 0 Å². The largest absolute Gasteiger partial charge is 0.478 e. The van der Waals surface area contributed by atoms with E-state index in [1.807, 2.05) is 0 Å². The van der Waals surface area contributed by atoms with E-state index in [-0.39, 0.29) is 11.1 Å². The summed E-state index contributed by atoms with van der Waals surface area (Å²) in [6, 6.07) is 3.24. The molecule has 0 radical (unpaired) electrons. The SMILES string of the molecule is NC(=O)C=Cc1ccc(F)cc1C(=O)O. The molecular weight excluding hydrogens is 201 g/mol. The van der Waals surface area contributed by atoms with E-state index in [0.29, 0.717) is 0 Å². The van der Waals surface area contributed by atoms with Crippen molar-refractivity contribution < 1.29 is 19.1 Å². The van der Waals surface area contributed by atoms with Crippen LogP contribution >= 0.6 is 0 Å². The van der Waals surface area contributed by atoms with Crippen LogP contribution in [0.5, 0.6) is 0 Å². The van der Waals surface area contributed by atoms with Crippen molar-refractivity contribution in [3.05, 3.63) is 41.2 Å². The van der Waals surface area contributed by atoms with E-state index in [9.17, 15) is 14.0 Å².